The van der Waals surface area contributed by atoms with Crippen LogP contribution in [0.5, 0.6) is 11.5 Å². The molecule has 11 nitrogen and oxygen atoms in total. The van der Waals surface area contributed by atoms with E-state index in [4.69, 9.17) is 34.2 Å². The Labute approximate surface area is 236 Å². The van der Waals surface area contributed by atoms with E-state index in [1.54, 1.807) is 26.8 Å². The van der Waals surface area contributed by atoms with Gasteiger partial charge in [-0.25, -0.2) is 9.59 Å². The van der Waals surface area contributed by atoms with Crippen LogP contribution in [0.2, 0.25) is 0 Å². The monoisotopic (exact) mass is 567 g/mol. The van der Waals surface area contributed by atoms with Gasteiger partial charge in [0.05, 0.1) is 19.1 Å². The van der Waals surface area contributed by atoms with Gasteiger partial charge in [0.25, 0.3) is 0 Å². The lowest BCUT2D eigenvalue weighted by molar-refractivity contribution is -0.169. The third kappa shape index (κ3) is 12.7. The van der Waals surface area contributed by atoms with Crippen LogP contribution >= 0.6 is 0 Å². The fourth-order valence-corrected chi connectivity index (χ4v) is 3.04. The fraction of sp³-hybridized carbons (Fsp3) is 0.655. The van der Waals surface area contributed by atoms with Crippen molar-refractivity contribution in [2.45, 2.75) is 98.8 Å². The van der Waals surface area contributed by atoms with Gasteiger partial charge in [0.2, 0.25) is 0 Å². The smallest absolute Gasteiger partial charge is 0.459 e. The normalized spacial score (nSPS) is 13.9. The molecule has 40 heavy (non-hydrogen) atoms. The van der Waals surface area contributed by atoms with Crippen LogP contribution in [0.3, 0.4) is 0 Å². The highest BCUT2D eigenvalue weighted by molar-refractivity contribution is 5.76. The second-order valence-electron chi connectivity index (χ2n) is 10.0. The third-order valence-corrected chi connectivity index (χ3v) is 6.23. The summed E-state index contributed by atoms with van der Waals surface area (Å²) >= 11 is 0. The molecule has 1 rings (SSSR count). The Balaban J connectivity index is 2.90. The lowest BCUT2D eigenvalue weighted by Crippen LogP contribution is -2.40. The van der Waals surface area contributed by atoms with Gasteiger partial charge >= 0.3 is 24.2 Å². The maximum absolute atomic E-state index is 12.7. The number of carbonyl (C=O) groups excluding carboxylic acids is 4. The van der Waals surface area contributed by atoms with Crippen LogP contribution < -0.4 is 15.2 Å². The van der Waals surface area contributed by atoms with Crippen LogP contribution in [0.25, 0.3) is 0 Å². The summed E-state index contributed by atoms with van der Waals surface area (Å²) in [5.74, 6) is -1.41. The van der Waals surface area contributed by atoms with Crippen LogP contribution in [0.1, 0.15) is 79.7 Å². The quantitative estimate of drug-likeness (QED) is 0.119. The molecule has 0 fully saturated rings. The Morgan fingerprint density at radius 3 is 1.75 bits per heavy atom. The summed E-state index contributed by atoms with van der Waals surface area (Å²) in [7, 11) is 0. The Morgan fingerprint density at radius 2 is 1.25 bits per heavy atom. The summed E-state index contributed by atoms with van der Waals surface area (Å²) in [6.07, 6.45) is -0.302. The molecule has 0 aromatic heterocycles. The summed E-state index contributed by atoms with van der Waals surface area (Å²) in [4.78, 5) is 49.1. The highest BCUT2D eigenvalue weighted by Crippen LogP contribution is 2.30. The van der Waals surface area contributed by atoms with Gasteiger partial charge in [-0.3, -0.25) is 9.59 Å². The molecule has 0 saturated carbocycles. The van der Waals surface area contributed by atoms with Crippen molar-refractivity contribution in [2.75, 3.05) is 13.2 Å². The molecule has 2 N–H and O–H groups in total. The summed E-state index contributed by atoms with van der Waals surface area (Å²) in [5, 5.41) is 0. The van der Waals surface area contributed by atoms with E-state index in [1.807, 2.05) is 27.7 Å². The van der Waals surface area contributed by atoms with E-state index in [-0.39, 0.29) is 48.9 Å². The molecule has 0 aliphatic heterocycles. The molecule has 0 heterocycles. The Kier molecular flexibility index (Phi) is 15.7. The highest BCUT2D eigenvalue weighted by atomic mass is 16.7. The predicted octanol–water partition coefficient (Wildman–Crippen LogP) is 5.34. The van der Waals surface area contributed by atoms with E-state index in [2.05, 4.69) is 0 Å². The molecule has 1 aromatic carbocycles. The molecule has 226 valence electrons. The molecule has 0 aliphatic carbocycles. The molecule has 0 amide bonds. The van der Waals surface area contributed by atoms with Crippen LogP contribution in [0.15, 0.2) is 18.2 Å². The van der Waals surface area contributed by atoms with Gasteiger partial charge in [0, 0.05) is 0 Å². The zero-order chi connectivity index (χ0) is 30.2. The van der Waals surface area contributed by atoms with Crippen molar-refractivity contribution in [3.05, 3.63) is 23.8 Å². The van der Waals surface area contributed by atoms with Gasteiger partial charge in [-0.1, -0.05) is 53.5 Å². The highest BCUT2D eigenvalue weighted by Gasteiger charge is 2.27. The number of rotatable bonds is 16. The lowest BCUT2D eigenvalue weighted by Gasteiger charge is -2.24. The zero-order valence-corrected chi connectivity index (χ0v) is 24.7. The van der Waals surface area contributed by atoms with E-state index in [9.17, 15) is 19.2 Å². The minimum Gasteiger partial charge on any atom is -0.459 e. The largest absolute Gasteiger partial charge is 0.513 e. The first-order valence-electron chi connectivity index (χ1n) is 13.9. The number of esters is 2. The topological polar surface area (TPSA) is 150 Å². The average molecular weight is 568 g/mol. The number of hydrogen-bond donors (Lipinski definition) is 1. The van der Waals surface area contributed by atoms with Crippen LogP contribution in [-0.2, 0) is 35.0 Å². The van der Waals surface area contributed by atoms with Gasteiger partial charge in [0.15, 0.2) is 11.5 Å². The number of ether oxygens (including phenoxy) is 6. The molecular formula is C29H45NO10. The summed E-state index contributed by atoms with van der Waals surface area (Å²) in [5.41, 5.74) is 6.59. The number of benzene rings is 1. The van der Waals surface area contributed by atoms with Gasteiger partial charge in [-0.2, -0.15) is 0 Å². The fourth-order valence-electron chi connectivity index (χ4n) is 3.04. The SMILES string of the molecule is CCCCOC(=O)Oc1ccc(C[C@H](N)C(=O)O[C@@H](C)[C@H](C)OC(=O)C(C)C(C)C)cc1OC(=O)OCCCC. The van der Waals surface area contributed by atoms with Gasteiger partial charge in [-0.05, 0) is 56.7 Å². The maximum Gasteiger partial charge on any atom is 0.513 e. The van der Waals surface area contributed by atoms with Gasteiger partial charge in [-0.15, -0.1) is 0 Å². The summed E-state index contributed by atoms with van der Waals surface area (Å²) < 4.78 is 31.4. The number of nitrogens with two attached hydrogens (primary N) is 1. The van der Waals surface area contributed by atoms with Crippen LogP contribution in [-0.4, -0.2) is 55.7 Å². The third-order valence-electron chi connectivity index (χ3n) is 6.23. The van der Waals surface area contributed by atoms with Gasteiger partial charge < -0.3 is 34.2 Å². The van der Waals surface area contributed by atoms with E-state index < -0.39 is 36.5 Å². The van der Waals surface area contributed by atoms with E-state index >= 15 is 0 Å². The standard InChI is InChI=1S/C29H45NO10/c1-8-10-14-35-28(33)39-24-13-12-22(17-25(24)40-29(34)36-15-11-9-2)16-23(30)27(32)38-21(7)20(6)37-26(31)19(5)18(3)4/h12-13,17-21,23H,8-11,14-16,30H2,1-7H3/t19?,20-,21-,23-/m0/s1. The molecule has 1 unspecified atom stereocenters. The first-order chi connectivity index (χ1) is 18.9. The molecule has 0 saturated heterocycles. The summed E-state index contributed by atoms with van der Waals surface area (Å²) in [6.45, 7) is 13.1. The molecule has 1 aromatic rings. The Hall–Kier alpha value is -3.34. The number of unbranched alkanes of at least 4 members (excludes halogenated alkanes) is 2. The maximum atomic E-state index is 12.7. The van der Waals surface area contributed by atoms with Crippen molar-refractivity contribution >= 4 is 24.2 Å². The van der Waals surface area contributed by atoms with Crippen molar-refractivity contribution in [2.24, 2.45) is 17.6 Å². The average Bonchev–Trinajstić information content (AvgIpc) is 2.89. The van der Waals surface area contributed by atoms with Crippen molar-refractivity contribution in [3.8, 4) is 11.5 Å². The molecule has 0 radical (unpaired) electrons. The second kappa shape index (κ2) is 18.1. The first kappa shape index (κ1) is 34.7. The molecule has 11 heteroatoms. The lowest BCUT2D eigenvalue weighted by atomic mass is 9.98. The van der Waals surface area contributed by atoms with Gasteiger partial charge in [0.1, 0.15) is 18.2 Å². The Morgan fingerprint density at radius 1 is 0.750 bits per heavy atom. The van der Waals surface area contributed by atoms with E-state index in [0.29, 0.717) is 18.4 Å². The minimum atomic E-state index is -1.07. The Bertz CT molecular complexity index is 964. The molecule has 0 aliphatic rings. The minimum absolute atomic E-state index is 0.0204. The molecular weight excluding hydrogens is 522 g/mol. The molecule has 4 atom stereocenters. The van der Waals surface area contributed by atoms with Crippen LogP contribution in [0.4, 0.5) is 9.59 Å². The first-order valence-corrected chi connectivity index (χ1v) is 13.9. The van der Waals surface area contributed by atoms with Crippen molar-refractivity contribution in [1.82, 2.24) is 0 Å². The van der Waals surface area contributed by atoms with Crippen molar-refractivity contribution < 1.29 is 47.6 Å². The molecule has 0 spiro atoms. The second-order valence-corrected chi connectivity index (χ2v) is 10.0. The number of hydrogen-bond acceptors (Lipinski definition) is 11. The van der Waals surface area contributed by atoms with Crippen LogP contribution in [0, 0.1) is 11.8 Å². The summed E-state index contributed by atoms with van der Waals surface area (Å²) in [6, 6.07) is 3.32. The predicted molar refractivity (Wildman–Crippen MR) is 147 cm³/mol. The van der Waals surface area contributed by atoms with Crippen molar-refractivity contribution in [3.63, 3.8) is 0 Å². The van der Waals surface area contributed by atoms with Crippen molar-refractivity contribution in [1.29, 1.82) is 0 Å². The zero-order valence-electron chi connectivity index (χ0n) is 24.7. The van der Waals surface area contributed by atoms with E-state index in [0.717, 1.165) is 12.8 Å². The number of carbonyl (C=O) groups is 4. The molecule has 0 bridgehead atoms. The van der Waals surface area contributed by atoms with E-state index in [1.165, 1.54) is 12.1 Å².